The number of hydrogen-bond acceptors (Lipinski definition) is 3. The normalized spacial score (nSPS) is 20.1. The maximum absolute atomic E-state index is 12.8. The highest BCUT2D eigenvalue weighted by Crippen LogP contribution is 2.25. The summed E-state index contributed by atoms with van der Waals surface area (Å²) >= 11 is 0. The molecule has 1 heterocycles. The third-order valence-electron chi connectivity index (χ3n) is 4.45. The van der Waals surface area contributed by atoms with Crippen LogP contribution in [0.4, 0.5) is 0 Å². The number of rotatable bonds is 4. The Morgan fingerprint density at radius 1 is 1.26 bits per heavy atom. The zero-order chi connectivity index (χ0) is 16.1. The Morgan fingerprint density at radius 2 is 1.91 bits per heavy atom. The van der Waals surface area contributed by atoms with Gasteiger partial charge in [-0.1, -0.05) is 37.3 Å². The summed E-state index contributed by atoms with van der Waals surface area (Å²) < 4.78 is 0. The number of carbonyl (C=O) groups is 2. The van der Waals surface area contributed by atoms with Crippen molar-refractivity contribution in [2.75, 3.05) is 13.6 Å². The molecule has 1 saturated heterocycles. The van der Waals surface area contributed by atoms with Crippen molar-refractivity contribution >= 4 is 24.2 Å². The van der Waals surface area contributed by atoms with Gasteiger partial charge in [0.1, 0.15) is 6.04 Å². The van der Waals surface area contributed by atoms with Crippen LogP contribution < -0.4 is 11.1 Å². The van der Waals surface area contributed by atoms with Crippen LogP contribution in [0.2, 0.25) is 0 Å². The van der Waals surface area contributed by atoms with E-state index in [1.165, 1.54) is 0 Å². The molecule has 0 aliphatic carbocycles. The molecular weight excluding hydrogens is 314 g/mol. The van der Waals surface area contributed by atoms with Crippen LogP contribution in [0.5, 0.6) is 0 Å². The minimum Gasteiger partial charge on any atom is -0.357 e. The number of nitrogens with two attached hydrogens (primary N) is 1. The standard InChI is InChI=1S/C17H25N3O2.ClH/c1-12(15(18)13-8-4-3-5-9-13)17(22)20-11-7-6-10-14(20)16(21)19-2;/h3-5,8-9,12,14-15H,6-7,10-11,18H2,1-2H3,(H,19,21);1H. The van der Waals surface area contributed by atoms with Crippen molar-refractivity contribution in [1.82, 2.24) is 10.2 Å². The summed E-state index contributed by atoms with van der Waals surface area (Å²) in [4.78, 5) is 26.5. The summed E-state index contributed by atoms with van der Waals surface area (Å²) in [5.41, 5.74) is 7.19. The summed E-state index contributed by atoms with van der Waals surface area (Å²) in [6, 6.07) is 8.90. The number of benzene rings is 1. The molecule has 0 radical (unpaired) electrons. The number of piperidine rings is 1. The number of amides is 2. The van der Waals surface area contributed by atoms with Crippen molar-refractivity contribution in [3.05, 3.63) is 35.9 Å². The Kier molecular flexibility index (Phi) is 7.52. The Balaban J connectivity index is 0.00000264. The third-order valence-corrected chi connectivity index (χ3v) is 4.45. The van der Waals surface area contributed by atoms with Gasteiger partial charge in [-0.3, -0.25) is 9.59 Å². The van der Waals surface area contributed by atoms with E-state index in [-0.39, 0.29) is 42.2 Å². The Bertz CT molecular complexity index is 524. The predicted molar refractivity (Wildman–Crippen MR) is 93.2 cm³/mol. The summed E-state index contributed by atoms with van der Waals surface area (Å²) in [5, 5.41) is 2.66. The Morgan fingerprint density at radius 3 is 2.52 bits per heavy atom. The number of nitrogens with one attached hydrogen (secondary N) is 1. The first kappa shape index (κ1) is 19.5. The molecule has 3 unspecified atom stereocenters. The van der Waals surface area contributed by atoms with E-state index in [1.54, 1.807) is 11.9 Å². The highest BCUT2D eigenvalue weighted by Gasteiger charge is 2.35. The van der Waals surface area contributed by atoms with E-state index in [4.69, 9.17) is 5.73 Å². The average Bonchev–Trinajstić information content (AvgIpc) is 2.59. The smallest absolute Gasteiger partial charge is 0.242 e. The fourth-order valence-electron chi connectivity index (χ4n) is 3.01. The lowest BCUT2D eigenvalue weighted by Gasteiger charge is -2.37. The van der Waals surface area contributed by atoms with Gasteiger partial charge in [0.2, 0.25) is 11.8 Å². The van der Waals surface area contributed by atoms with Crippen LogP contribution in [-0.2, 0) is 9.59 Å². The zero-order valence-corrected chi connectivity index (χ0v) is 14.5. The van der Waals surface area contributed by atoms with Crippen molar-refractivity contribution in [2.24, 2.45) is 11.7 Å². The molecule has 5 nitrogen and oxygen atoms in total. The molecule has 1 fully saturated rings. The van der Waals surface area contributed by atoms with Crippen molar-refractivity contribution < 1.29 is 9.59 Å². The molecule has 2 amide bonds. The maximum atomic E-state index is 12.8. The van der Waals surface area contributed by atoms with Gasteiger partial charge in [-0.05, 0) is 24.8 Å². The molecule has 1 aliphatic rings. The van der Waals surface area contributed by atoms with Crippen molar-refractivity contribution in [3.63, 3.8) is 0 Å². The van der Waals surface area contributed by atoms with Gasteiger partial charge in [0, 0.05) is 19.6 Å². The first-order valence-corrected chi connectivity index (χ1v) is 7.89. The molecule has 1 aliphatic heterocycles. The number of hydrogen-bond donors (Lipinski definition) is 2. The quantitative estimate of drug-likeness (QED) is 0.879. The Hall–Kier alpha value is -1.59. The maximum Gasteiger partial charge on any atom is 0.242 e. The second-order valence-corrected chi connectivity index (χ2v) is 5.88. The summed E-state index contributed by atoms with van der Waals surface area (Å²) in [6.07, 6.45) is 2.63. The zero-order valence-electron chi connectivity index (χ0n) is 13.7. The molecule has 0 spiro atoms. The monoisotopic (exact) mass is 339 g/mol. The first-order valence-electron chi connectivity index (χ1n) is 7.89. The van der Waals surface area contributed by atoms with Crippen LogP contribution in [0.1, 0.15) is 37.8 Å². The van der Waals surface area contributed by atoms with Gasteiger partial charge in [0.25, 0.3) is 0 Å². The van der Waals surface area contributed by atoms with Crippen molar-refractivity contribution in [2.45, 2.75) is 38.3 Å². The third kappa shape index (κ3) is 4.45. The first-order chi connectivity index (χ1) is 10.6. The van der Waals surface area contributed by atoms with E-state index in [0.29, 0.717) is 6.54 Å². The van der Waals surface area contributed by atoms with Crippen molar-refractivity contribution in [3.8, 4) is 0 Å². The fraction of sp³-hybridized carbons (Fsp3) is 0.529. The molecule has 0 aromatic heterocycles. The fourth-order valence-corrected chi connectivity index (χ4v) is 3.01. The van der Waals surface area contributed by atoms with Crippen LogP contribution >= 0.6 is 12.4 Å². The Labute approximate surface area is 144 Å². The van der Waals surface area contributed by atoms with E-state index in [1.807, 2.05) is 37.3 Å². The molecule has 2 rings (SSSR count). The second-order valence-electron chi connectivity index (χ2n) is 5.88. The van der Waals surface area contributed by atoms with E-state index in [0.717, 1.165) is 24.8 Å². The number of nitrogens with zero attached hydrogens (tertiary/aromatic N) is 1. The highest BCUT2D eigenvalue weighted by atomic mass is 35.5. The van der Waals surface area contributed by atoms with Crippen molar-refractivity contribution in [1.29, 1.82) is 0 Å². The van der Waals surface area contributed by atoms with E-state index in [2.05, 4.69) is 5.32 Å². The van der Waals surface area contributed by atoms with E-state index in [9.17, 15) is 9.59 Å². The molecule has 3 N–H and O–H groups in total. The minimum atomic E-state index is -0.364. The lowest BCUT2D eigenvalue weighted by Crippen LogP contribution is -2.53. The summed E-state index contributed by atoms with van der Waals surface area (Å²) in [6.45, 7) is 2.47. The summed E-state index contributed by atoms with van der Waals surface area (Å²) in [5.74, 6) is -0.481. The highest BCUT2D eigenvalue weighted by molar-refractivity contribution is 5.88. The SMILES string of the molecule is CNC(=O)C1CCCCN1C(=O)C(C)C(N)c1ccccc1.Cl. The second kappa shape index (κ2) is 8.89. The van der Waals surface area contributed by atoms with Gasteiger partial charge in [0.15, 0.2) is 0 Å². The number of carbonyl (C=O) groups excluding carboxylic acids is 2. The molecule has 1 aromatic rings. The molecule has 1 aromatic carbocycles. The van der Waals surface area contributed by atoms with Gasteiger partial charge in [0.05, 0.1) is 5.92 Å². The lowest BCUT2D eigenvalue weighted by molar-refractivity contribution is -0.145. The van der Waals surface area contributed by atoms with E-state index < -0.39 is 0 Å². The molecule has 128 valence electrons. The van der Waals surface area contributed by atoms with Crippen LogP contribution in [0.25, 0.3) is 0 Å². The van der Waals surface area contributed by atoms with Crippen LogP contribution in [-0.4, -0.2) is 36.3 Å². The average molecular weight is 340 g/mol. The molecule has 23 heavy (non-hydrogen) atoms. The van der Waals surface area contributed by atoms with Crippen LogP contribution in [0, 0.1) is 5.92 Å². The summed E-state index contributed by atoms with van der Waals surface area (Å²) in [7, 11) is 1.61. The largest absolute Gasteiger partial charge is 0.357 e. The molecule has 3 atom stereocenters. The van der Waals surface area contributed by atoms with Gasteiger partial charge in [-0.25, -0.2) is 0 Å². The number of likely N-dealkylation sites (tertiary alicyclic amines) is 1. The van der Waals surface area contributed by atoms with E-state index >= 15 is 0 Å². The molecule has 6 heteroatoms. The molecule has 0 bridgehead atoms. The lowest BCUT2D eigenvalue weighted by atomic mass is 9.92. The predicted octanol–water partition coefficient (Wildman–Crippen LogP) is 1.87. The number of likely N-dealkylation sites (N-methyl/N-ethyl adjacent to an activating group) is 1. The minimum absolute atomic E-state index is 0. The number of halogens is 1. The topological polar surface area (TPSA) is 75.4 Å². The molecule has 0 saturated carbocycles. The van der Waals surface area contributed by atoms with Gasteiger partial charge in [-0.2, -0.15) is 0 Å². The van der Waals surface area contributed by atoms with Crippen LogP contribution in [0.3, 0.4) is 0 Å². The molecular formula is C17H26ClN3O2. The van der Waals surface area contributed by atoms with Crippen LogP contribution in [0.15, 0.2) is 30.3 Å². The van der Waals surface area contributed by atoms with Gasteiger partial charge >= 0.3 is 0 Å². The van der Waals surface area contributed by atoms with Gasteiger partial charge in [-0.15, -0.1) is 12.4 Å². The van der Waals surface area contributed by atoms with Gasteiger partial charge < -0.3 is 16.0 Å².